The van der Waals surface area contributed by atoms with Gasteiger partial charge in [-0.25, -0.2) is 4.79 Å². The molecule has 1 N–H and O–H groups in total. The Balaban J connectivity index is 2.31. The van der Waals surface area contributed by atoms with Gasteiger partial charge in [-0.3, -0.25) is 0 Å². The van der Waals surface area contributed by atoms with Gasteiger partial charge in [0.25, 0.3) is 0 Å². The van der Waals surface area contributed by atoms with Crippen LogP contribution in [-0.2, 0) is 9.57 Å². The fourth-order valence-electron chi connectivity index (χ4n) is 1.35. The predicted octanol–water partition coefficient (Wildman–Crippen LogP) is 1.15. The lowest BCUT2D eigenvalue weighted by Crippen LogP contribution is -2.50. The summed E-state index contributed by atoms with van der Waals surface area (Å²) in [6, 6.07) is 0.334. The number of rotatable bonds is 1. The van der Waals surface area contributed by atoms with Gasteiger partial charge in [-0.15, -0.1) is 5.06 Å². The summed E-state index contributed by atoms with van der Waals surface area (Å²) < 4.78 is 5.05. The normalized spacial score (nSPS) is 23.6. The van der Waals surface area contributed by atoms with E-state index in [0.29, 0.717) is 19.1 Å². The number of hydrogen-bond acceptors (Lipinski definition) is 5. The molecule has 0 amide bonds. The Morgan fingerprint density at radius 2 is 2.13 bits per heavy atom. The average Bonchev–Trinajstić information content (AvgIpc) is 1.99. The molecule has 1 saturated heterocycles. The molecule has 1 atom stereocenters. The van der Waals surface area contributed by atoms with Gasteiger partial charge in [-0.2, -0.15) is 0 Å². The summed E-state index contributed by atoms with van der Waals surface area (Å²) in [6.07, 6.45) is -0.628. The third-order valence-corrected chi connectivity index (χ3v) is 1.92. The molecule has 1 fully saturated rings. The molecule has 1 rings (SSSR count). The molecule has 5 nitrogen and oxygen atoms in total. The van der Waals surface area contributed by atoms with Crippen molar-refractivity contribution >= 4 is 6.16 Å². The monoisotopic (exact) mass is 216 g/mol. The summed E-state index contributed by atoms with van der Waals surface area (Å²) in [5.41, 5.74) is -0.503. The summed E-state index contributed by atoms with van der Waals surface area (Å²) >= 11 is 0. The van der Waals surface area contributed by atoms with Crippen molar-refractivity contribution in [2.24, 2.45) is 0 Å². The van der Waals surface area contributed by atoms with Crippen LogP contribution in [0.3, 0.4) is 0 Å². The zero-order valence-electron chi connectivity index (χ0n) is 9.87. The van der Waals surface area contributed by atoms with Crippen LogP contribution in [0.25, 0.3) is 0 Å². The van der Waals surface area contributed by atoms with Crippen molar-refractivity contribution in [2.75, 3.05) is 19.6 Å². The molecule has 0 unspecified atom stereocenters. The minimum absolute atomic E-state index is 0.334. The molecule has 0 spiro atoms. The van der Waals surface area contributed by atoms with E-state index >= 15 is 0 Å². The van der Waals surface area contributed by atoms with E-state index in [0.717, 1.165) is 6.54 Å². The van der Waals surface area contributed by atoms with Crippen molar-refractivity contribution < 1.29 is 14.4 Å². The van der Waals surface area contributed by atoms with Crippen LogP contribution in [0.5, 0.6) is 0 Å². The van der Waals surface area contributed by atoms with Gasteiger partial charge in [-0.1, -0.05) is 0 Å². The smallest absolute Gasteiger partial charge is 0.427 e. The maximum absolute atomic E-state index is 11.3. The van der Waals surface area contributed by atoms with Gasteiger partial charge in [0.1, 0.15) is 5.60 Å². The predicted molar refractivity (Wildman–Crippen MR) is 56.4 cm³/mol. The van der Waals surface area contributed by atoms with Crippen molar-refractivity contribution in [3.8, 4) is 0 Å². The second kappa shape index (κ2) is 4.81. The summed E-state index contributed by atoms with van der Waals surface area (Å²) in [6.45, 7) is 9.70. The Morgan fingerprint density at radius 3 is 2.67 bits per heavy atom. The number of hydrogen-bond donors (Lipinski definition) is 1. The number of carbonyl (C=O) groups is 1. The molecule has 0 radical (unpaired) electrons. The van der Waals surface area contributed by atoms with Crippen LogP contribution in [0.2, 0.25) is 0 Å². The highest BCUT2D eigenvalue weighted by molar-refractivity contribution is 5.60. The summed E-state index contributed by atoms with van der Waals surface area (Å²) in [5, 5.41) is 4.89. The Kier molecular flexibility index (Phi) is 3.93. The minimum atomic E-state index is -0.628. The van der Waals surface area contributed by atoms with Crippen LogP contribution in [0, 0.1) is 0 Å². The second-order valence-corrected chi connectivity index (χ2v) is 4.80. The number of ether oxygens (including phenoxy) is 1. The van der Waals surface area contributed by atoms with E-state index in [1.54, 1.807) is 5.06 Å². The highest BCUT2D eigenvalue weighted by atomic mass is 16.8. The lowest BCUT2D eigenvalue weighted by molar-refractivity contribution is -0.152. The van der Waals surface area contributed by atoms with E-state index < -0.39 is 11.8 Å². The Labute approximate surface area is 90.7 Å². The van der Waals surface area contributed by atoms with Crippen LogP contribution >= 0.6 is 0 Å². The van der Waals surface area contributed by atoms with Crippen molar-refractivity contribution in [2.45, 2.75) is 39.3 Å². The number of piperazine rings is 1. The summed E-state index contributed by atoms with van der Waals surface area (Å²) in [4.78, 5) is 16.4. The van der Waals surface area contributed by atoms with Gasteiger partial charge >= 0.3 is 6.16 Å². The molecule has 1 aliphatic rings. The van der Waals surface area contributed by atoms with Crippen molar-refractivity contribution in [3.05, 3.63) is 0 Å². The van der Waals surface area contributed by atoms with Gasteiger partial charge in [0.05, 0.1) is 6.54 Å². The van der Waals surface area contributed by atoms with Crippen LogP contribution in [0.1, 0.15) is 27.7 Å². The molecule has 0 bridgehead atoms. The van der Waals surface area contributed by atoms with Crippen molar-refractivity contribution in [3.63, 3.8) is 0 Å². The van der Waals surface area contributed by atoms with Crippen LogP contribution in [-0.4, -0.2) is 42.5 Å². The molecule has 0 aliphatic carbocycles. The number of nitrogens with one attached hydrogen (secondary N) is 1. The second-order valence-electron chi connectivity index (χ2n) is 4.80. The van der Waals surface area contributed by atoms with E-state index in [4.69, 9.17) is 9.57 Å². The van der Waals surface area contributed by atoms with Gasteiger partial charge in [0.2, 0.25) is 0 Å². The quantitative estimate of drug-likeness (QED) is 0.666. The van der Waals surface area contributed by atoms with E-state index in [1.165, 1.54) is 0 Å². The molecule has 0 aromatic carbocycles. The highest BCUT2D eigenvalue weighted by Crippen LogP contribution is 2.09. The zero-order valence-corrected chi connectivity index (χ0v) is 9.87. The first kappa shape index (κ1) is 12.3. The number of hydroxylamine groups is 2. The Bertz CT molecular complexity index is 225. The lowest BCUT2D eigenvalue weighted by Gasteiger charge is -2.30. The van der Waals surface area contributed by atoms with Gasteiger partial charge in [-0.05, 0) is 27.7 Å². The van der Waals surface area contributed by atoms with E-state index in [9.17, 15) is 4.79 Å². The van der Waals surface area contributed by atoms with E-state index in [1.807, 2.05) is 27.7 Å². The van der Waals surface area contributed by atoms with Crippen molar-refractivity contribution in [1.82, 2.24) is 10.4 Å². The van der Waals surface area contributed by atoms with Crippen LogP contribution < -0.4 is 5.32 Å². The topological polar surface area (TPSA) is 50.8 Å². The first-order chi connectivity index (χ1) is 6.87. The molecular formula is C10H20N2O3. The molecule has 0 aromatic heterocycles. The highest BCUT2D eigenvalue weighted by Gasteiger charge is 2.23. The molecule has 15 heavy (non-hydrogen) atoms. The summed E-state index contributed by atoms with van der Waals surface area (Å²) in [5.74, 6) is 0. The molecule has 0 saturated carbocycles. The molecule has 0 aromatic rings. The molecule has 1 heterocycles. The largest absolute Gasteiger partial charge is 0.528 e. The number of nitrogens with zero attached hydrogens (tertiary/aromatic N) is 1. The van der Waals surface area contributed by atoms with E-state index in [-0.39, 0.29) is 0 Å². The summed E-state index contributed by atoms with van der Waals surface area (Å²) in [7, 11) is 0. The molecule has 5 heteroatoms. The van der Waals surface area contributed by atoms with Gasteiger partial charge < -0.3 is 14.9 Å². The standard InChI is InChI=1S/C10H20N2O3/c1-8-7-12(6-5-11-8)15-9(13)14-10(2,3)4/h8,11H,5-7H2,1-4H3/t8-/m1/s1. The van der Waals surface area contributed by atoms with Crippen LogP contribution in [0.15, 0.2) is 0 Å². The lowest BCUT2D eigenvalue weighted by atomic mass is 10.2. The minimum Gasteiger partial charge on any atom is -0.427 e. The van der Waals surface area contributed by atoms with E-state index in [2.05, 4.69) is 5.32 Å². The fraction of sp³-hybridized carbons (Fsp3) is 0.900. The maximum Gasteiger partial charge on any atom is 0.528 e. The Morgan fingerprint density at radius 1 is 1.47 bits per heavy atom. The molecular weight excluding hydrogens is 196 g/mol. The average molecular weight is 216 g/mol. The van der Waals surface area contributed by atoms with Gasteiger partial charge in [0.15, 0.2) is 0 Å². The van der Waals surface area contributed by atoms with Crippen LogP contribution in [0.4, 0.5) is 4.79 Å². The number of carbonyl (C=O) groups excluding carboxylic acids is 1. The van der Waals surface area contributed by atoms with Gasteiger partial charge in [0, 0.05) is 19.1 Å². The SMILES string of the molecule is C[C@@H]1CN(OC(=O)OC(C)(C)C)CCN1. The maximum atomic E-state index is 11.3. The first-order valence-corrected chi connectivity index (χ1v) is 5.26. The first-order valence-electron chi connectivity index (χ1n) is 5.26. The Hall–Kier alpha value is -0.810. The third-order valence-electron chi connectivity index (χ3n) is 1.92. The van der Waals surface area contributed by atoms with Crippen molar-refractivity contribution in [1.29, 1.82) is 0 Å². The molecule has 1 aliphatic heterocycles. The fourth-order valence-corrected chi connectivity index (χ4v) is 1.35. The molecule has 88 valence electrons. The third kappa shape index (κ3) is 4.99. The zero-order chi connectivity index (χ0) is 11.5.